The molecular formula is C53H46GeIrN2O-2. The molecule has 0 aliphatic heterocycles. The Balaban J connectivity index is 0.000000192. The third kappa shape index (κ3) is 8.85. The summed E-state index contributed by atoms with van der Waals surface area (Å²) >= 11 is -1.91. The zero-order valence-electron chi connectivity index (χ0n) is 37.2. The van der Waals surface area contributed by atoms with E-state index in [4.69, 9.17) is 9.90 Å². The molecule has 0 amide bonds. The summed E-state index contributed by atoms with van der Waals surface area (Å²) in [6, 6.07) is 56.9. The van der Waals surface area contributed by atoms with Gasteiger partial charge in [0.2, 0.25) is 0 Å². The average molecular weight is 996 g/mol. The molecule has 9 aromatic rings. The van der Waals surface area contributed by atoms with Gasteiger partial charge in [-0.05, 0) is 58.1 Å². The van der Waals surface area contributed by atoms with Gasteiger partial charge in [-0.15, -0.1) is 18.2 Å². The SMILES string of the molecule is [2H]C(C)(C)c1ccnc(-c2[c-]ccc3c2oc2ccc(-c4cccc(-c5ccccc5)c4)cc23)c1.[2H]C([2H])([2H])c1c[c-]c(-c2cc[c]([Ge]([CH3])([CH3])[CH3])cn2)cc1-c1ccccc1.[Ir]. The van der Waals surface area contributed by atoms with Gasteiger partial charge in [0.25, 0.3) is 0 Å². The molecule has 0 spiro atoms. The van der Waals surface area contributed by atoms with Crippen molar-refractivity contribution in [3.63, 3.8) is 0 Å². The summed E-state index contributed by atoms with van der Waals surface area (Å²) in [5, 5.41) is 2.10. The molecule has 0 N–H and O–H groups in total. The first-order valence-corrected chi connectivity index (χ1v) is 26.6. The van der Waals surface area contributed by atoms with E-state index in [1.165, 1.54) is 15.5 Å². The van der Waals surface area contributed by atoms with Crippen LogP contribution in [0.1, 0.15) is 36.4 Å². The molecule has 289 valence electrons. The number of furan rings is 1. The number of rotatable bonds is 7. The van der Waals surface area contributed by atoms with Crippen LogP contribution in [0.25, 0.3) is 77.8 Å². The van der Waals surface area contributed by atoms with Crippen molar-refractivity contribution in [2.45, 2.75) is 43.9 Å². The van der Waals surface area contributed by atoms with E-state index in [2.05, 4.69) is 106 Å². The van der Waals surface area contributed by atoms with E-state index >= 15 is 0 Å². The van der Waals surface area contributed by atoms with Crippen molar-refractivity contribution in [2.75, 3.05) is 0 Å². The predicted octanol–water partition coefficient (Wildman–Crippen LogP) is 14.0. The van der Waals surface area contributed by atoms with E-state index in [0.29, 0.717) is 11.1 Å². The Kier molecular flexibility index (Phi) is 10.9. The fraction of sp³-hybridized carbons (Fsp3) is 0.132. The molecule has 0 bridgehead atoms. The van der Waals surface area contributed by atoms with E-state index in [9.17, 15) is 0 Å². The summed E-state index contributed by atoms with van der Waals surface area (Å²) in [6.07, 6.45) is 3.72. The topological polar surface area (TPSA) is 38.9 Å². The van der Waals surface area contributed by atoms with Crippen molar-refractivity contribution in [1.29, 1.82) is 0 Å². The molecule has 3 heterocycles. The minimum atomic E-state index is -2.18. The average Bonchev–Trinajstić information content (AvgIpc) is 3.65. The standard InChI is InChI=1S/C32H24NO.C21H22GeN.Ir/c1-21(2)23-16-17-33-30(20-23)28-13-7-12-27-29-19-26(14-15-31(29)34-32(27)28)25-11-6-10-24(18-25)22-8-4-3-5-9-22;1-16-10-11-18(14-20(16)17-8-6-5-7-9-17)21-13-12-19(15-23-21)22(2,3)4;/h3-12,14-21H,1-2H3;5-10,12-15H,1-4H3;/q2*-1;/i21D;1D3;. The van der Waals surface area contributed by atoms with E-state index < -0.39 is 26.0 Å². The van der Waals surface area contributed by atoms with Crippen molar-refractivity contribution >= 4 is 39.6 Å². The van der Waals surface area contributed by atoms with Crippen molar-refractivity contribution in [3.8, 4) is 55.9 Å². The van der Waals surface area contributed by atoms with Gasteiger partial charge in [-0.3, -0.25) is 0 Å². The molecule has 0 saturated carbocycles. The maximum absolute atomic E-state index is 8.40. The van der Waals surface area contributed by atoms with E-state index in [1.54, 1.807) is 12.3 Å². The van der Waals surface area contributed by atoms with Gasteiger partial charge in [-0.1, -0.05) is 91.0 Å². The van der Waals surface area contributed by atoms with Crippen molar-refractivity contribution < 1.29 is 30.0 Å². The van der Waals surface area contributed by atoms with Crippen LogP contribution in [-0.2, 0) is 20.1 Å². The second-order valence-corrected chi connectivity index (χ2v) is 26.2. The molecule has 1 radical (unpaired) electrons. The number of nitrogens with zero attached hydrogens (tertiary/aromatic N) is 2. The van der Waals surface area contributed by atoms with E-state index in [0.717, 1.165) is 66.7 Å². The Bertz CT molecular complexity index is 2970. The molecule has 0 atom stereocenters. The number of hydrogen-bond donors (Lipinski definition) is 0. The Morgan fingerprint density at radius 2 is 1.36 bits per heavy atom. The van der Waals surface area contributed by atoms with Crippen molar-refractivity contribution in [3.05, 3.63) is 187 Å². The van der Waals surface area contributed by atoms with Crippen LogP contribution in [0.4, 0.5) is 0 Å². The van der Waals surface area contributed by atoms with Gasteiger partial charge in [-0.25, -0.2) is 0 Å². The number of benzene rings is 6. The Morgan fingerprint density at radius 1 is 0.655 bits per heavy atom. The molecule has 3 nitrogen and oxygen atoms in total. The second-order valence-electron chi connectivity index (χ2n) is 15.5. The van der Waals surface area contributed by atoms with Crippen LogP contribution in [0.3, 0.4) is 0 Å². The maximum Gasteiger partial charge on any atom is 0 e. The predicted molar refractivity (Wildman–Crippen MR) is 242 cm³/mol. The molecule has 0 unspecified atom stereocenters. The first kappa shape index (κ1) is 35.7. The van der Waals surface area contributed by atoms with Crippen molar-refractivity contribution in [2.24, 2.45) is 0 Å². The normalized spacial score (nSPS) is 12.7. The molecule has 0 aliphatic rings. The number of hydrogen-bond acceptors (Lipinski definition) is 3. The first-order valence-electron chi connectivity index (χ1n) is 21.2. The molecule has 0 fully saturated rings. The van der Waals surface area contributed by atoms with Crippen molar-refractivity contribution in [1.82, 2.24) is 9.97 Å². The van der Waals surface area contributed by atoms with Crippen LogP contribution in [0.2, 0.25) is 17.3 Å². The fourth-order valence-corrected chi connectivity index (χ4v) is 9.16. The summed E-state index contributed by atoms with van der Waals surface area (Å²) in [6.45, 7) is 1.58. The van der Waals surface area contributed by atoms with Crippen LogP contribution >= 0.6 is 0 Å². The first-order chi connectivity index (χ1) is 29.1. The summed E-state index contributed by atoms with van der Waals surface area (Å²) in [7, 11) is 0. The minimum Gasteiger partial charge on any atom is 0 e. The third-order valence-corrected chi connectivity index (χ3v) is 14.5. The molecule has 6 aromatic carbocycles. The van der Waals surface area contributed by atoms with Gasteiger partial charge in [-0.2, -0.15) is 0 Å². The summed E-state index contributed by atoms with van der Waals surface area (Å²) < 4.78 is 39.6. The molecule has 9 rings (SSSR count). The Morgan fingerprint density at radius 3 is 2.05 bits per heavy atom. The minimum absolute atomic E-state index is 0. The molecule has 58 heavy (non-hydrogen) atoms. The second kappa shape index (κ2) is 17.6. The number of aryl methyl sites for hydroxylation is 1. The van der Waals surface area contributed by atoms with Gasteiger partial charge < -0.3 is 9.40 Å². The van der Waals surface area contributed by atoms with Crippen LogP contribution < -0.4 is 4.40 Å². The molecule has 5 heteroatoms. The number of aromatic nitrogens is 2. The fourth-order valence-electron chi connectivity index (χ4n) is 6.99. The summed E-state index contributed by atoms with van der Waals surface area (Å²) in [4.78, 5) is 9.19. The maximum atomic E-state index is 8.40. The molecule has 3 aromatic heterocycles. The number of pyridine rings is 2. The van der Waals surface area contributed by atoms with Gasteiger partial charge in [0.15, 0.2) is 0 Å². The molecular weight excluding hydrogens is 945 g/mol. The van der Waals surface area contributed by atoms with E-state index in [-0.39, 0.29) is 20.1 Å². The molecule has 0 saturated heterocycles. The monoisotopic (exact) mass is 997 g/mol. The zero-order valence-corrected chi connectivity index (χ0v) is 37.7. The van der Waals surface area contributed by atoms with Gasteiger partial charge >= 0.3 is 146 Å². The largest absolute Gasteiger partial charge is 0 e. The molecule has 0 aliphatic carbocycles. The van der Waals surface area contributed by atoms with Crippen LogP contribution in [0.5, 0.6) is 0 Å². The Hall–Kier alpha value is -5.39. The van der Waals surface area contributed by atoms with Crippen LogP contribution in [0.15, 0.2) is 168 Å². The van der Waals surface area contributed by atoms with Gasteiger partial charge in [0, 0.05) is 33.1 Å². The van der Waals surface area contributed by atoms with Crippen LogP contribution in [-0.4, -0.2) is 23.2 Å². The number of fused-ring (bicyclic) bond motifs is 3. The quantitative estimate of drug-likeness (QED) is 0.118. The smallest absolute Gasteiger partial charge is 0 e. The zero-order chi connectivity index (χ0) is 42.9. The summed E-state index contributed by atoms with van der Waals surface area (Å²) in [5.41, 5.74) is 12.3. The van der Waals surface area contributed by atoms with Gasteiger partial charge in [0.05, 0.1) is 5.58 Å². The third-order valence-electron chi connectivity index (χ3n) is 10.3. The Labute approximate surface area is 364 Å². The van der Waals surface area contributed by atoms with Crippen LogP contribution in [0, 0.1) is 19.0 Å². The van der Waals surface area contributed by atoms with Gasteiger partial charge in [0.1, 0.15) is 5.58 Å². The summed E-state index contributed by atoms with van der Waals surface area (Å²) in [5.74, 6) is 6.30. The van der Waals surface area contributed by atoms with E-state index in [1.807, 2.05) is 98.9 Å².